The Labute approximate surface area is 137 Å². The maximum Gasteiger partial charge on any atom is 0.573 e. The van der Waals surface area contributed by atoms with Crippen LogP contribution in [-0.2, 0) is 12.5 Å². The van der Waals surface area contributed by atoms with Gasteiger partial charge in [-0.25, -0.2) is 0 Å². The van der Waals surface area contributed by atoms with Crippen molar-refractivity contribution in [1.82, 2.24) is 9.78 Å². The fourth-order valence-electron chi connectivity index (χ4n) is 2.02. The maximum absolute atomic E-state index is 12.4. The summed E-state index contributed by atoms with van der Waals surface area (Å²) in [5.41, 5.74) is 0.614. The second-order valence-corrected chi connectivity index (χ2v) is 6.29. The SMILES string of the molecule is Cn1nc(C(C)(C)C)cc1C(=O)Nc1ccccc1OC(F)(F)F. The Kier molecular flexibility index (Phi) is 4.59. The zero-order valence-corrected chi connectivity index (χ0v) is 13.7. The smallest absolute Gasteiger partial charge is 0.404 e. The third-order valence-corrected chi connectivity index (χ3v) is 3.24. The van der Waals surface area contributed by atoms with Crippen molar-refractivity contribution >= 4 is 11.6 Å². The predicted octanol–water partition coefficient (Wildman–Crippen LogP) is 3.87. The zero-order chi connectivity index (χ0) is 18.1. The van der Waals surface area contributed by atoms with Crippen LogP contribution in [0.1, 0.15) is 37.0 Å². The number of nitrogens with zero attached hydrogens (tertiary/aromatic N) is 2. The first-order valence-electron chi connectivity index (χ1n) is 7.18. The predicted molar refractivity (Wildman–Crippen MR) is 83.0 cm³/mol. The van der Waals surface area contributed by atoms with E-state index in [-0.39, 0.29) is 16.8 Å². The van der Waals surface area contributed by atoms with E-state index in [9.17, 15) is 18.0 Å². The quantitative estimate of drug-likeness (QED) is 0.922. The van der Waals surface area contributed by atoms with Gasteiger partial charge in [-0.1, -0.05) is 32.9 Å². The molecule has 1 N–H and O–H groups in total. The summed E-state index contributed by atoms with van der Waals surface area (Å²) < 4.78 is 42.6. The number of hydrogen-bond donors (Lipinski definition) is 1. The second kappa shape index (κ2) is 6.18. The highest BCUT2D eigenvalue weighted by molar-refractivity contribution is 6.04. The number of nitrogens with one attached hydrogen (secondary N) is 1. The molecule has 8 heteroatoms. The maximum atomic E-state index is 12.4. The van der Waals surface area contributed by atoms with Crippen LogP contribution in [0.5, 0.6) is 5.75 Å². The molecule has 5 nitrogen and oxygen atoms in total. The van der Waals surface area contributed by atoms with E-state index in [0.29, 0.717) is 5.69 Å². The molecule has 0 saturated carbocycles. The van der Waals surface area contributed by atoms with Gasteiger partial charge >= 0.3 is 6.36 Å². The molecule has 24 heavy (non-hydrogen) atoms. The number of benzene rings is 1. The van der Waals surface area contributed by atoms with E-state index in [1.165, 1.54) is 22.9 Å². The van der Waals surface area contributed by atoms with Crippen LogP contribution in [0.4, 0.5) is 18.9 Å². The van der Waals surface area contributed by atoms with Crippen molar-refractivity contribution in [2.75, 3.05) is 5.32 Å². The zero-order valence-electron chi connectivity index (χ0n) is 13.7. The third-order valence-electron chi connectivity index (χ3n) is 3.24. The molecule has 1 heterocycles. The van der Waals surface area contributed by atoms with Gasteiger partial charge in [0.15, 0.2) is 5.75 Å². The Bertz CT molecular complexity index is 746. The molecule has 1 amide bonds. The number of aryl methyl sites for hydroxylation is 1. The molecular formula is C16H18F3N3O2. The van der Waals surface area contributed by atoms with Crippen LogP contribution in [0.3, 0.4) is 0 Å². The lowest BCUT2D eigenvalue weighted by molar-refractivity contribution is -0.274. The van der Waals surface area contributed by atoms with E-state index < -0.39 is 18.0 Å². The van der Waals surface area contributed by atoms with Gasteiger partial charge in [0.2, 0.25) is 0 Å². The normalized spacial score (nSPS) is 12.1. The van der Waals surface area contributed by atoms with E-state index in [1.807, 2.05) is 20.8 Å². The van der Waals surface area contributed by atoms with E-state index in [4.69, 9.17) is 0 Å². The number of amides is 1. The molecule has 2 aromatic rings. The number of carbonyl (C=O) groups excluding carboxylic acids is 1. The van der Waals surface area contributed by atoms with Gasteiger partial charge in [-0.15, -0.1) is 13.2 Å². The highest BCUT2D eigenvalue weighted by atomic mass is 19.4. The van der Waals surface area contributed by atoms with Crippen LogP contribution < -0.4 is 10.1 Å². The number of ether oxygens (including phenoxy) is 1. The van der Waals surface area contributed by atoms with Gasteiger partial charge in [0.25, 0.3) is 5.91 Å². The molecule has 130 valence electrons. The lowest BCUT2D eigenvalue weighted by atomic mass is 9.92. The molecule has 0 aliphatic heterocycles. The Balaban J connectivity index is 2.27. The van der Waals surface area contributed by atoms with Gasteiger partial charge in [-0.3, -0.25) is 9.48 Å². The monoisotopic (exact) mass is 341 g/mol. The van der Waals surface area contributed by atoms with Gasteiger partial charge in [0, 0.05) is 12.5 Å². The van der Waals surface area contributed by atoms with Gasteiger partial charge in [0.1, 0.15) is 5.69 Å². The highest BCUT2D eigenvalue weighted by Gasteiger charge is 2.32. The number of aromatic nitrogens is 2. The fraction of sp³-hybridized carbons (Fsp3) is 0.375. The van der Waals surface area contributed by atoms with Crippen LogP contribution in [0, 0.1) is 0 Å². The molecule has 1 aromatic carbocycles. The van der Waals surface area contributed by atoms with Crippen LogP contribution in [0.15, 0.2) is 30.3 Å². The lowest BCUT2D eigenvalue weighted by Gasteiger charge is -2.14. The van der Waals surface area contributed by atoms with Gasteiger partial charge in [0.05, 0.1) is 11.4 Å². The molecular weight excluding hydrogens is 323 g/mol. The Morgan fingerprint density at radius 2 is 1.83 bits per heavy atom. The summed E-state index contributed by atoms with van der Waals surface area (Å²) in [5, 5.41) is 6.70. The molecule has 0 aliphatic rings. The standard InChI is InChI=1S/C16H18F3N3O2/c1-15(2,3)13-9-11(22(4)21-13)14(23)20-10-7-5-6-8-12(10)24-16(17,18)19/h5-9H,1-4H3,(H,20,23). The molecule has 0 fully saturated rings. The molecule has 0 bridgehead atoms. The number of rotatable bonds is 3. The van der Waals surface area contributed by atoms with E-state index >= 15 is 0 Å². The second-order valence-electron chi connectivity index (χ2n) is 6.29. The summed E-state index contributed by atoms with van der Waals surface area (Å²) >= 11 is 0. The summed E-state index contributed by atoms with van der Waals surface area (Å²) in [7, 11) is 1.60. The minimum absolute atomic E-state index is 0.0710. The number of para-hydroxylation sites is 2. The first kappa shape index (κ1) is 17.8. The summed E-state index contributed by atoms with van der Waals surface area (Å²) in [6.45, 7) is 5.84. The molecule has 0 saturated heterocycles. The van der Waals surface area contributed by atoms with Crippen molar-refractivity contribution in [1.29, 1.82) is 0 Å². The average Bonchev–Trinajstić information content (AvgIpc) is 2.81. The van der Waals surface area contributed by atoms with Crippen molar-refractivity contribution < 1.29 is 22.7 Å². The summed E-state index contributed by atoms with van der Waals surface area (Å²) in [4.78, 5) is 12.4. The van der Waals surface area contributed by atoms with Crippen molar-refractivity contribution in [2.24, 2.45) is 7.05 Å². The summed E-state index contributed by atoms with van der Waals surface area (Å²) in [6.07, 6.45) is -4.84. The first-order valence-corrected chi connectivity index (χ1v) is 7.18. The van der Waals surface area contributed by atoms with Crippen LogP contribution in [0.2, 0.25) is 0 Å². The van der Waals surface area contributed by atoms with E-state index in [0.717, 1.165) is 6.07 Å². The lowest BCUT2D eigenvalue weighted by Crippen LogP contribution is -2.20. The molecule has 0 unspecified atom stereocenters. The Hall–Kier alpha value is -2.51. The fourth-order valence-corrected chi connectivity index (χ4v) is 2.02. The number of alkyl halides is 3. The van der Waals surface area contributed by atoms with Crippen molar-refractivity contribution in [3.05, 3.63) is 41.7 Å². The summed E-state index contributed by atoms with van der Waals surface area (Å²) in [5.74, 6) is -1.05. The number of anilines is 1. The molecule has 0 aliphatic carbocycles. The van der Waals surface area contributed by atoms with E-state index in [1.54, 1.807) is 13.1 Å². The number of hydrogen-bond acceptors (Lipinski definition) is 3. The average molecular weight is 341 g/mol. The van der Waals surface area contributed by atoms with Crippen LogP contribution in [-0.4, -0.2) is 22.1 Å². The van der Waals surface area contributed by atoms with Crippen LogP contribution in [0.25, 0.3) is 0 Å². The molecule has 2 rings (SSSR count). The largest absolute Gasteiger partial charge is 0.573 e. The van der Waals surface area contributed by atoms with E-state index in [2.05, 4.69) is 15.2 Å². The molecule has 0 radical (unpaired) electrons. The first-order chi connectivity index (χ1) is 11.0. The van der Waals surface area contributed by atoms with Gasteiger partial charge in [-0.05, 0) is 18.2 Å². The topological polar surface area (TPSA) is 56.2 Å². The Morgan fingerprint density at radius 1 is 1.21 bits per heavy atom. The third kappa shape index (κ3) is 4.27. The number of halogens is 3. The van der Waals surface area contributed by atoms with Crippen molar-refractivity contribution in [3.8, 4) is 5.75 Å². The molecule has 1 aromatic heterocycles. The Morgan fingerprint density at radius 3 is 2.38 bits per heavy atom. The van der Waals surface area contributed by atoms with Crippen molar-refractivity contribution in [2.45, 2.75) is 32.5 Å². The molecule has 0 atom stereocenters. The molecule has 0 spiro atoms. The summed E-state index contributed by atoms with van der Waals surface area (Å²) in [6, 6.07) is 6.97. The van der Waals surface area contributed by atoms with Crippen LogP contribution >= 0.6 is 0 Å². The minimum atomic E-state index is -4.84. The van der Waals surface area contributed by atoms with Gasteiger partial charge in [-0.2, -0.15) is 5.10 Å². The van der Waals surface area contributed by atoms with Crippen molar-refractivity contribution in [3.63, 3.8) is 0 Å². The highest BCUT2D eigenvalue weighted by Crippen LogP contribution is 2.30. The van der Waals surface area contributed by atoms with Gasteiger partial charge < -0.3 is 10.1 Å². The number of carbonyl (C=O) groups is 1. The minimum Gasteiger partial charge on any atom is -0.404 e.